The van der Waals surface area contributed by atoms with E-state index in [4.69, 9.17) is 23.8 Å². The van der Waals surface area contributed by atoms with Crippen molar-refractivity contribution in [2.75, 3.05) is 6.54 Å². The summed E-state index contributed by atoms with van der Waals surface area (Å²) in [5, 5.41) is 6.48. The molecule has 142 valence electrons. The van der Waals surface area contributed by atoms with Crippen molar-refractivity contribution in [3.63, 3.8) is 0 Å². The molecule has 2 amide bonds. The summed E-state index contributed by atoms with van der Waals surface area (Å²) in [6.07, 6.45) is 4.89. The van der Waals surface area contributed by atoms with Crippen molar-refractivity contribution < 1.29 is 9.59 Å². The van der Waals surface area contributed by atoms with Gasteiger partial charge in [0.1, 0.15) is 5.69 Å². The number of hydrazine groups is 1. The topological polar surface area (TPSA) is 95.1 Å². The molecule has 0 aliphatic heterocycles. The van der Waals surface area contributed by atoms with Gasteiger partial charge in [0.15, 0.2) is 5.11 Å². The molecule has 3 atom stereocenters. The van der Waals surface area contributed by atoms with Gasteiger partial charge in [0.25, 0.3) is 11.8 Å². The zero-order valence-electron chi connectivity index (χ0n) is 14.8. The molecule has 1 aliphatic rings. The number of amides is 2. The number of hydrogen-bond acceptors (Lipinski definition) is 4. The summed E-state index contributed by atoms with van der Waals surface area (Å²) >= 11 is 11.0. The first-order chi connectivity index (χ1) is 12.4. The van der Waals surface area contributed by atoms with Crippen LogP contribution in [0, 0.1) is 11.8 Å². The van der Waals surface area contributed by atoms with Gasteiger partial charge in [-0.05, 0) is 42.6 Å². The fourth-order valence-electron chi connectivity index (χ4n) is 2.94. The van der Waals surface area contributed by atoms with Crippen LogP contribution < -0.4 is 21.5 Å². The Bertz CT molecular complexity index is 672. The van der Waals surface area contributed by atoms with E-state index in [9.17, 15) is 9.59 Å². The summed E-state index contributed by atoms with van der Waals surface area (Å²) in [5.41, 5.74) is 5.28. The number of carbonyl (C=O) groups is 2. The Kier molecular flexibility index (Phi) is 7.59. The molecule has 0 spiro atoms. The third kappa shape index (κ3) is 6.10. The van der Waals surface area contributed by atoms with Crippen LogP contribution in [-0.2, 0) is 4.79 Å². The SMILES string of the molecule is C[C@@H]1[C@H](C)CCC[C@@H]1NC(=S)NNC(=O)CNC(=O)c1cc(Cl)ccn1. The van der Waals surface area contributed by atoms with Crippen molar-refractivity contribution in [1.82, 2.24) is 26.5 Å². The maximum absolute atomic E-state index is 11.9. The highest BCUT2D eigenvalue weighted by atomic mass is 35.5. The summed E-state index contributed by atoms with van der Waals surface area (Å²) in [6.45, 7) is 4.25. The third-order valence-corrected chi connectivity index (χ3v) is 5.16. The molecule has 1 heterocycles. The van der Waals surface area contributed by atoms with Crippen LogP contribution in [0.25, 0.3) is 0 Å². The Morgan fingerprint density at radius 1 is 1.31 bits per heavy atom. The number of aromatic nitrogens is 1. The van der Waals surface area contributed by atoms with E-state index in [-0.39, 0.29) is 12.2 Å². The summed E-state index contributed by atoms with van der Waals surface area (Å²) in [4.78, 5) is 27.6. The minimum Gasteiger partial charge on any atom is -0.358 e. The molecule has 1 aromatic rings. The monoisotopic (exact) mass is 397 g/mol. The van der Waals surface area contributed by atoms with Crippen molar-refractivity contribution in [3.05, 3.63) is 29.0 Å². The van der Waals surface area contributed by atoms with Gasteiger partial charge in [0, 0.05) is 17.3 Å². The highest BCUT2D eigenvalue weighted by molar-refractivity contribution is 7.80. The minimum atomic E-state index is -0.478. The van der Waals surface area contributed by atoms with Crippen LogP contribution in [0.1, 0.15) is 43.6 Å². The van der Waals surface area contributed by atoms with Crippen molar-refractivity contribution in [2.45, 2.75) is 39.2 Å². The molecule has 0 aromatic carbocycles. The Hall–Kier alpha value is -1.93. The Labute approximate surface area is 163 Å². The summed E-state index contributed by atoms with van der Waals surface area (Å²) in [7, 11) is 0. The zero-order chi connectivity index (χ0) is 19.1. The second-order valence-electron chi connectivity index (χ2n) is 6.56. The lowest BCUT2D eigenvalue weighted by atomic mass is 9.78. The number of hydrogen-bond donors (Lipinski definition) is 4. The van der Waals surface area contributed by atoms with Gasteiger partial charge in [-0.2, -0.15) is 0 Å². The van der Waals surface area contributed by atoms with Crippen LogP contribution in [0.3, 0.4) is 0 Å². The smallest absolute Gasteiger partial charge is 0.270 e. The number of pyridine rings is 1. The fourth-order valence-corrected chi connectivity index (χ4v) is 3.30. The van der Waals surface area contributed by atoms with Crippen LogP contribution in [0.2, 0.25) is 5.02 Å². The molecule has 26 heavy (non-hydrogen) atoms. The van der Waals surface area contributed by atoms with E-state index < -0.39 is 11.8 Å². The van der Waals surface area contributed by atoms with Gasteiger partial charge in [-0.3, -0.25) is 25.4 Å². The highest BCUT2D eigenvalue weighted by Crippen LogP contribution is 2.29. The molecule has 1 aromatic heterocycles. The van der Waals surface area contributed by atoms with E-state index in [1.807, 2.05) is 0 Å². The van der Waals surface area contributed by atoms with Crippen LogP contribution in [0.4, 0.5) is 0 Å². The average Bonchev–Trinajstić information content (AvgIpc) is 2.61. The number of carbonyl (C=O) groups excluding carboxylic acids is 2. The van der Waals surface area contributed by atoms with E-state index in [0.717, 1.165) is 6.42 Å². The second kappa shape index (κ2) is 9.68. The minimum absolute atomic E-state index is 0.149. The maximum atomic E-state index is 11.9. The summed E-state index contributed by atoms with van der Waals surface area (Å²) in [5.74, 6) is 0.264. The van der Waals surface area contributed by atoms with E-state index in [1.54, 1.807) is 6.07 Å². The van der Waals surface area contributed by atoms with Gasteiger partial charge in [-0.1, -0.05) is 38.3 Å². The normalized spacial score (nSPS) is 22.2. The molecular weight excluding hydrogens is 374 g/mol. The van der Waals surface area contributed by atoms with Gasteiger partial charge in [-0.25, -0.2) is 0 Å². The van der Waals surface area contributed by atoms with Crippen LogP contribution in [-0.4, -0.2) is 34.5 Å². The molecular formula is C17H24ClN5O2S. The molecule has 4 N–H and O–H groups in total. The number of nitrogens with one attached hydrogen (secondary N) is 4. The lowest BCUT2D eigenvalue weighted by Gasteiger charge is -2.35. The lowest BCUT2D eigenvalue weighted by Crippen LogP contribution is -2.53. The molecule has 0 radical (unpaired) electrons. The van der Waals surface area contributed by atoms with E-state index in [2.05, 4.69) is 40.3 Å². The van der Waals surface area contributed by atoms with Crippen LogP contribution >= 0.6 is 23.8 Å². The van der Waals surface area contributed by atoms with Gasteiger partial charge in [-0.15, -0.1) is 0 Å². The highest BCUT2D eigenvalue weighted by Gasteiger charge is 2.27. The quantitative estimate of drug-likeness (QED) is 0.457. The first kappa shape index (κ1) is 20.4. The molecule has 0 saturated heterocycles. The molecule has 0 bridgehead atoms. The van der Waals surface area contributed by atoms with Crippen molar-refractivity contribution in [2.24, 2.45) is 11.8 Å². The molecule has 2 rings (SSSR count). The Morgan fingerprint density at radius 3 is 2.81 bits per heavy atom. The number of nitrogens with zero attached hydrogens (tertiary/aromatic N) is 1. The molecule has 1 saturated carbocycles. The second-order valence-corrected chi connectivity index (χ2v) is 7.41. The first-order valence-corrected chi connectivity index (χ1v) is 9.40. The fraction of sp³-hybridized carbons (Fsp3) is 0.529. The number of halogens is 1. The van der Waals surface area contributed by atoms with Gasteiger partial charge in [0.2, 0.25) is 0 Å². The number of rotatable bonds is 4. The third-order valence-electron chi connectivity index (χ3n) is 4.70. The Balaban J connectivity index is 1.69. The average molecular weight is 398 g/mol. The maximum Gasteiger partial charge on any atom is 0.270 e. The summed E-state index contributed by atoms with van der Waals surface area (Å²) < 4.78 is 0. The van der Waals surface area contributed by atoms with Crippen LogP contribution in [0.5, 0.6) is 0 Å². The predicted octanol–water partition coefficient (Wildman–Crippen LogP) is 1.78. The van der Waals surface area contributed by atoms with E-state index >= 15 is 0 Å². The van der Waals surface area contributed by atoms with E-state index in [1.165, 1.54) is 25.1 Å². The largest absolute Gasteiger partial charge is 0.358 e. The standard InChI is InChI=1S/C17H24ClN5O2S/c1-10-4-3-5-13(11(10)2)21-17(26)23-22-15(24)9-20-16(25)14-8-12(18)6-7-19-14/h6-8,10-11,13H,3-5,9H2,1-2H3,(H,20,25)(H,22,24)(H2,21,23,26)/t10-,11-,13+/m1/s1. The van der Waals surface area contributed by atoms with E-state index in [0.29, 0.717) is 28.0 Å². The van der Waals surface area contributed by atoms with Crippen molar-refractivity contribution >= 4 is 40.7 Å². The number of thiocarbonyl (C=S) groups is 1. The van der Waals surface area contributed by atoms with Gasteiger partial charge in [0.05, 0.1) is 6.54 Å². The first-order valence-electron chi connectivity index (χ1n) is 8.62. The van der Waals surface area contributed by atoms with Gasteiger partial charge < -0.3 is 10.6 Å². The molecule has 7 nitrogen and oxygen atoms in total. The molecule has 1 aliphatic carbocycles. The molecule has 1 fully saturated rings. The lowest BCUT2D eigenvalue weighted by molar-refractivity contribution is -0.120. The van der Waals surface area contributed by atoms with Crippen molar-refractivity contribution in [1.29, 1.82) is 0 Å². The van der Waals surface area contributed by atoms with Crippen LogP contribution in [0.15, 0.2) is 18.3 Å². The molecule has 9 heteroatoms. The van der Waals surface area contributed by atoms with Crippen molar-refractivity contribution in [3.8, 4) is 0 Å². The zero-order valence-corrected chi connectivity index (χ0v) is 16.4. The predicted molar refractivity (Wildman–Crippen MR) is 105 cm³/mol. The molecule has 0 unspecified atom stereocenters. The Morgan fingerprint density at radius 2 is 2.08 bits per heavy atom. The van der Waals surface area contributed by atoms with Gasteiger partial charge >= 0.3 is 0 Å². The summed E-state index contributed by atoms with van der Waals surface area (Å²) in [6, 6.07) is 3.29.